The number of ether oxygens (including phenoxy) is 3. The second kappa shape index (κ2) is 24.8. The van der Waals surface area contributed by atoms with E-state index in [1.165, 1.54) is 6.07 Å². The number of fused-ring (bicyclic) bond motifs is 2. The SMILES string of the molecule is CCN=c1cc2oc3cc(NCC)c(C)cc3c(-c3ccc(C(=O)NCCOCCOCCOCCNC(=O)CCC(=O)N(Cc4ccccc4C)c4ccccc4C)cc3C(=O)O)c-2cc1C. The third kappa shape index (κ3) is 13.2. The maximum absolute atomic E-state index is 13.4. The van der Waals surface area contributed by atoms with Crippen LogP contribution in [0.1, 0.15) is 75.2 Å². The van der Waals surface area contributed by atoms with Gasteiger partial charge in [-0.25, -0.2) is 4.79 Å². The molecule has 4 aromatic carbocycles. The molecule has 1 aliphatic heterocycles. The number of para-hydroxylation sites is 1. The number of carbonyl (C=O) groups excluding carboxylic acids is 3. The van der Waals surface area contributed by atoms with Crippen molar-refractivity contribution in [1.82, 2.24) is 10.6 Å². The molecule has 0 bridgehead atoms. The van der Waals surface area contributed by atoms with Crippen LogP contribution >= 0.6 is 0 Å². The predicted molar refractivity (Wildman–Crippen MR) is 266 cm³/mol. The van der Waals surface area contributed by atoms with E-state index in [4.69, 9.17) is 18.6 Å². The topological polar surface area (TPSA) is 181 Å². The molecule has 1 heterocycles. The van der Waals surface area contributed by atoms with Crippen molar-refractivity contribution in [2.75, 3.05) is 76.0 Å². The van der Waals surface area contributed by atoms with Crippen molar-refractivity contribution < 1.29 is 42.9 Å². The van der Waals surface area contributed by atoms with Crippen LogP contribution in [0.2, 0.25) is 0 Å². The van der Waals surface area contributed by atoms with Gasteiger partial charge in [-0.1, -0.05) is 48.5 Å². The fourth-order valence-electron chi connectivity index (χ4n) is 8.00. The van der Waals surface area contributed by atoms with E-state index >= 15 is 0 Å². The highest BCUT2D eigenvalue weighted by Gasteiger charge is 2.25. The van der Waals surface area contributed by atoms with Crippen molar-refractivity contribution in [1.29, 1.82) is 0 Å². The van der Waals surface area contributed by atoms with E-state index in [-0.39, 0.29) is 48.9 Å². The van der Waals surface area contributed by atoms with Gasteiger partial charge in [0.25, 0.3) is 5.91 Å². The highest BCUT2D eigenvalue weighted by molar-refractivity contribution is 6.09. The number of rotatable bonds is 24. The van der Waals surface area contributed by atoms with E-state index in [1.54, 1.807) is 17.0 Å². The van der Waals surface area contributed by atoms with Gasteiger partial charge in [0.2, 0.25) is 11.8 Å². The molecule has 14 heteroatoms. The first-order chi connectivity index (χ1) is 32.9. The molecule has 4 N–H and O–H groups in total. The Balaban J connectivity index is 0.910. The van der Waals surface area contributed by atoms with Crippen molar-refractivity contribution in [3.05, 3.63) is 135 Å². The monoisotopic (exact) mass is 925 g/mol. The molecule has 0 fully saturated rings. The Kier molecular flexibility index (Phi) is 18.4. The number of amides is 3. The van der Waals surface area contributed by atoms with Gasteiger partial charge in [-0.15, -0.1) is 0 Å². The van der Waals surface area contributed by atoms with Crippen LogP contribution in [0.4, 0.5) is 11.4 Å². The van der Waals surface area contributed by atoms with Gasteiger partial charge < -0.3 is 44.6 Å². The Bertz CT molecular complexity index is 2760. The molecule has 68 heavy (non-hydrogen) atoms. The Morgan fingerprint density at radius 1 is 0.691 bits per heavy atom. The molecular weight excluding hydrogens is 863 g/mol. The average Bonchev–Trinajstić information content (AvgIpc) is 3.32. The van der Waals surface area contributed by atoms with Crippen LogP contribution < -0.4 is 26.2 Å². The van der Waals surface area contributed by atoms with E-state index in [1.807, 2.05) is 114 Å². The number of carboxylic acid groups (broad SMARTS) is 1. The predicted octanol–water partition coefficient (Wildman–Crippen LogP) is 8.40. The van der Waals surface area contributed by atoms with Crippen LogP contribution in [-0.2, 0) is 30.3 Å². The van der Waals surface area contributed by atoms with E-state index in [0.29, 0.717) is 75.1 Å². The molecule has 6 rings (SSSR count). The summed E-state index contributed by atoms with van der Waals surface area (Å²) in [6.45, 7) is 16.0. The molecule has 358 valence electrons. The maximum atomic E-state index is 13.4. The summed E-state index contributed by atoms with van der Waals surface area (Å²) in [7, 11) is 0. The van der Waals surface area contributed by atoms with Crippen LogP contribution in [0.5, 0.6) is 0 Å². The first-order valence-electron chi connectivity index (χ1n) is 23.2. The average molecular weight is 926 g/mol. The molecule has 0 atom stereocenters. The number of carboxylic acids is 1. The van der Waals surface area contributed by atoms with Gasteiger partial charge in [0.05, 0.1) is 57.1 Å². The van der Waals surface area contributed by atoms with E-state index in [0.717, 1.165) is 62.0 Å². The minimum absolute atomic E-state index is 0.0126. The fourth-order valence-corrected chi connectivity index (χ4v) is 8.00. The van der Waals surface area contributed by atoms with Crippen LogP contribution in [0, 0.1) is 27.7 Å². The van der Waals surface area contributed by atoms with Crippen LogP contribution in [0.3, 0.4) is 0 Å². The summed E-state index contributed by atoms with van der Waals surface area (Å²) < 4.78 is 23.3. The summed E-state index contributed by atoms with van der Waals surface area (Å²) in [6.07, 6.45) is 0.146. The highest BCUT2D eigenvalue weighted by atomic mass is 16.5. The minimum atomic E-state index is -1.16. The normalized spacial score (nSPS) is 11.5. The Morgan fingerprint density at radius 2 is 1.37 bits per heavy atom. The minimum Gasteiger partial charge on any atom is -0.478 e. The molecule has 0 unspecified atom stereocenters. The first-order valence-corrected chi connectivity index (χ1v) is 23.2. The lowest BCUT2D eigenvalue weighted by atomic mass is 9.88. The quantitative estimate of drug-likeness (QED) is 0.0340. The van der Waals surface area contributed by atoms with Gasteiger partial charge >= 0.3 is 5.97 Å². The number of hydrogen-bond acceptors (Lipinski definition) is 10. The maximum Gasteiger partial charge on any atom is 0.336 e. The van der Waals surface area contributed by atoms with Crippen molar-refractivity contribution in [2.24, 2.45) is 4.99 Å². The van der Waals surface area contributed by atoms with Crippen molar-refractivity contribution >= 4 is 46.0 Å². The zero-order valence-corrected chi connectivity index (χ0v) is 40.0. The number of carbonyl (C=O) groups is 4. The molecule has 0 saturated carbocycles. The Hall–Kier alpha value is -6.87. The van der Waals surface area contributed by atoms with Gasteiger partial charge in [0.1, 0.15) is 11.3 Å². The molecular formula is C54H63N5O9. The third-order valence-corrected chi connectivity index (χ3v) is 11.6. The number of benzene rings is 5. The molecule has 3 amide bonds. The molecule has 2 aliphatic rings. The number of hydrogen-bond donors (Lipinski definition) is 4. The van der Waals surface area contributed by atoms with Crippen LogP contribution in [0.15, 0.2) is 100 Å². The zero-order valence-electron chi connectivity index (χ0n) is 40.0. The number of anilines is 2. The molecule has 4 aromatic rings. The summed E-state index contributed by atoms with van der Waals surface area (Å²) in [4.78, 5) is 58.5. The van der Waals surface area contributed by atoms with Gasteiger partial charge in [-0.05, 0) is 105 Å². The van der Waals surface area contributed by atoms with Crippen LogP contribution in [0.25, 0.3) is 33.4 Å². The molecule has 14 nitrogen and oxygen atoms in total. The fraction of sp³-hybridized carbons (Fsp3) is 0.352. The Labute approximate surface area is 398 Å². The highest BCUT2D eigenvalue weighted by Crippen LogP contribution is 2.43. The van der Waals surface area contributed by atoms with Gasteiger partial charge in [-0.3, -0.25) is 19.4 Å². The van der Waals surface area contributed by atoms with Gasteiger partial charge in [-0.2, -0.15) is 0 Å². The van der Waals surface area contributed by atoms with Gasteiger partial charge in [0.15, 0.2) is 0 Å². The second-order valence-corrected chi connectivity index (χ2v) is 16.5. The largest absolute Gasteiger partial charge is 0.478 e. The third-order valence-electron chi connectivity index (χ3n) is 11.6. The number of aryl methyl sites for hydroxylation is 4. The summed E-state index contributed by atoms with van der Waals surface area (Å²) in [6, 6.07) is 28.3. The lowest BCUT2D eigenvalue weighted by Gasteiger charge is -2.25. The smallest absolute Gasteiger partial charge is 0.336 e. The van der Waals surface area contributed by atoms with E-state index in [2.05, 4.69) is 20.9 Å². The number of aromatic carboxylic acids is 1. The molecule has 0 saturated heterocycles. The van der Waals surface area contributed by atoms with E-state index in [9.17, 15) is 24.3 Å². The molecule has 0 radical (unpaired) electrons. The van der Waals surface area contributed by atoms with Gasteiger partial charge in [0, 0.05) is 84.6 Å². The molecule has 0 aromatic heterocycles. The second-order valence-electron chi connectivity index (χ2n) is 16.5. The number of nitrogens with one attached hydrogen (secondary N) is 3. The number of nitrogens with zero attached hydrogens (tertiary/aromatic N) is 2. The van der Waals surface area contributed by atoms with E-state index < -0.39 is 11.9 Å². The first kappa shape index (κ1) is 50.5. The zero-order chi connectivity index (χ0) is 48.6. The standard InChI is InChI=1S/C54H63N5O9/c1-7-55-45-32-48-43(29-37(45)5)52(44-30-38(6)46(56-8-2)33-49(44)68-48)41-18-17-39(31-42(41)54(63)64)53(62)58-22-24-66-26-28-67-27-25-65-23-21-57-50(60)19-20-51(61)59(47-16-12-10-14-36(47)4)34-40-15-11-9-13-35(40)3/h9-18,29-33,55H,7-8,19-28,34H2,1-6H3,(H,57,60)(H,58,62)(H,63,64). The summed E-state index contributed by atoms with van der Waals surface area (Å²) in [5, 5.41) is 21.1. The van der Waals surface area contributed by atoms with Crippen molar-refractivity contribution in [3.8, 4) is 22.5 Å². The molecule has 1 aliphatic carbocycles. The van der Waals surface area contributed by atoms with Crippen LogP contribution in [-0.4, -0.2) is 94.6 Å². The lowest BCUT2D eigenvalue weighted by Crippen LogP contribution is -2.33. The summed E-state index contributed by atoms with van der Waals surface area (Å²) in [5.74, 6) is -1.36. The Morgan fingerprint density at radius 3 is 2.04 bits per heavy atom. The van der Waals surface area contributed by atoms with Crippen molar-refractivity contribution in [2.45, 2.75) is 60.9 Å². The summed E-state index contributed by atoms with van der Waals surface area (Å²) >= 11 is 0. The lowest BCUT2D eigenvalue weighted by molar-refractivity contribution is -0.125. The summed E-state index contributed by atoms with van der Waals surface area (Å²) in [5.41, 5.74) is 9.49. The molecule has 0 spiro atoms. The van der Waals surface area contributed by atoms with Crippen molar-refractivity contribution in [3.63, 3.8) is 0 Å².